The van der Waals surface area contributed by atoms with Crippen LogP contribution in [0.15, 0.2) is 0 Å². The average molecular weight is 158 g/mol. The zero-order chi connectivity index (χ0) is 8.48. The van der Waals surface area contributed by atoms with Gasteiger partial charge in [-0.05, 0) is 13.3 Å². The van der Waals surface area contributed by atoms with Crippen molar-refractivity contribution in [2.24, 2.45) is 0 Å². The zero-order valence-corrected chi connectivity index (χ0v) is 6.96. The molecule has 1 heterocycles. The van der Waals surface area contributed by atoms with Gasteiger partial charge in [0.25, 0.3) is 0 Å². The Kier molecular flexibility index (Phi) is 2.18. The van der Waals surface area contributed by atoms with Crippen LogP contribution in [0.1, 0.15) is 33.1 Å². The summed E-state index contributed by atoms with van der Waals surface area (Å²) < 4.78 is 5.09. The molecule has 64 valence electrons. The number of rotatable bonds is 1. The first-order valence-corrected chi connectivity index (χ1v) is 3.95. The van der Waals surface area contributed by atoms with Gasteiger partial charge in [-0.15, -0.1) is 0 Å². The Bertz CT molecular complexity index is 167. The Labute approximate surface area is 66.4 Å². The summed E-state index contributed by atoms with van der Waals surface area (Å²) in [7, 11) is 0. The van der Waals surface area contributed by atoms with Crippen LogP contribution < -0.4 is 0 Å². The van der Waals surface area contributed by atoms with Crippen molar-refractivity contribution in [1.82, 2.24) is 0 Å². The van der Waals surface area contributed by atoms with E-state index in [4.69, 9.17) is 4.74 Å². The number of carbonyl (C=O) groups excluding carboxylic acids is 1. The molecule has 1 N–H and O–H groups in total. The van der Waals surface area contributed by atoms with Crippen molar-refractivity contribution >= 4 is 5.97 Å². The van der Waals surface area contributed by atoms with Crippen LogP contribution in [-0.4, -0.2) is 22.8 Å². The molecule has 0 aliphatic carbocycles. The molecule has 0 aromatic carbocycles. The first kappa shape index (κ1) is 8.53. The normalized spacial score (nSPS) is 38.5. The molecular weight excluding hydrogens is 144 g/mol. The summed E-state index contributed by atoms with van der Waals surface area (Å²) in [6.45, 7) is 3.80. The van der Waals surface area contributed by atoms with Gasteiger partial charge in [-0.3, -0.25) is 4.79 Å². The maximum Gasteiger partial charge on any atom is 0.308 e. The number of hydrogen-bond donors (Lipinski definition) is 1. The summed E-state index contributed by atoms with van der Waals surface area (Å²) in [4.78, 5) is 10.9. The van der Waals surface area contributed by atoms with Crippen LogP contribution in [0.5, 0.6) is 0 Å². The highest BCUT2D eigenvalue weighted by Gasteiger charge is 2.35. The third-order valence-electron chi connectivity index (χ3n) is 2.18. The maximum atomic E-state index is 10.9. The smallest absolute Gasteiger partial charge is 0.308 e. The summed E-state index contributed by atoms with van der Waals surface area (Å²) >= 11 is 0. The number of esters is 1. The standard InChI is InChI=1S/C8H14O3/c1-3-8(2)5-6(9)4-7(10)11-8/h6,9H,3-5H2,1-2H3. The van der Waals surface area contributed by atoms with E-state index in [0.717, 1.165) is 6.42 Å². The summed E-state index contributed by atoms with van der Waals surface area (Å²) in [5.74, 6) is -0.284. The maximum absolute atomic E-state index is 10.9. The van der Waals surface area contributed by atoms with E-state index in [1.165, 1.54) is 0 Å². The number of aliphatic hydroxyl groups excluding tert-OH is 1. The highest BCUT2D eigenvalue weighted by Crippen LogP contribution is 2.28. The van der Waals surface area contributed by atoms with Crippen LogP contribution in [0.4, 0.5) is 0 Å². The minimum atomic E-state index is -0.513. The van der Waals surface area contributed by atoms with E-state index in [1.807, 2.05) is 13.8 Å². The minimum absolute atomic E-state index is 0.148. The predicted molar refractivity (Wildman–Crippen MR) is 40.0 cm³/mol. The van der Waals surface area contributed by atoms with Crippen molar-refractivity contribution in [2.75, 3.05) is 0 Å². The van der Waals surface area contributed by atoms with Crippen molar-refractivity contribution in [3.63, 3.8) is 0 Å². The first-order chi connectivity index (χ1) is 5.06. The van der Waals surface area contributed by atoms with E-state index in [1.54, 1.807) is 0 Å². The molecule has 0 bridgehead atoms. The van der Waals surface area contributed by atoms with Gasteiger partial charge in [-0.1, -0.05) is 6.92 Å². The van der Waals surface area contributed by atoms with Gasteiger partial charge in [-0.25, -0.2) is 0 Å². The molecule has 0 spiro atoms. The van der Waals surface area contributed by atoms with Crippen LogP contribution in [0.3, 0.4) is 0 Å². The van der Waals surface area contributed by atoms with E-state index in [2.05, 4.69) is 0 Å². The fourth-order valence-electron chi connectivity index (χ4n) is 1.34. The summed E-state index contributed by atoms with van der Waals surface area (Å²) in [5.41, 5.74) is -0.436. The molecule has 0 radical (unpaired) electrons. The summed E-state index contributed by atoms with van der Waals surface area (Å²) in [6, 6.07) is 0. The summed E-state index contributed by atoms with van der Waals surface area (Å²) in [6.07, 6.45) is 0.960. The second kappa shape index (κ2) is 2.81. The lowest BCUT2D eigenvalue weighted by Gasteiger charge is -2.34. The lowest BCUT2D eigenvalue weighted by atomic mass is 9.91. The summed E-state index contributed by atoms with van der Waals surface area (Å²) in [5, 5.41) is 9.25. The lowest BCUT2D eigenvalue weighted by molar-refractivity contribution is -0.173. The van der Waals surface area contributed by atoms with Gasteiger partial charge in [0.2, 0.25) is 0 Å². The van der Waals surface area contributed by atoms with Crippen LogP contribution in [0.2, 0.25) is 0 Å². The quantitative estimate of drug-likeness (QED) is 0.575. The Morgan fingerprint density at radius 2 is 2.45 bits per heavy atom. The van der Waals surface area contributed by atoms with Crippen LogP contribution >= 0.6 is 0 Å². The van der Waals surface area contributed by atoms with E-state index < -0.39 is 11.7 Å². The van der Waals surface area contributed by atoms with Gasteiger partial charge >= 0.3 is 5.97 Å². The van der Waals surface area contributed by atoms with Gasteiger partial charge in [0, 0.05) is 6.42 Å². The number of aliphatic hydroxyl groups is 1. The Hall–Kier alpha value is -0.570. The molecule has 1 saturated heterocycles. The van der Waals surface area contributed by atoms with E-state index in [0.29, 0.717) is 6.42 Å². The zero-order valence-electron chi connectivity index (χ0n) is 6.96. The van der Waals surface area contributed by atoms with E-state index >= 15 is 0 Å². The third-order valence-corrected chi connectivity index (χ3v) is 2.18. The van der Waals surface area contributed by atoms with E-state index in [9.17, 15) is 9.90 Å². The molecule has 3 nitrogen and oxygen atoms in total. The SMILES string of the molecule is CCC1(C)CC(O)CC(=O)O1. The predicted octanol–water partition coefficient (Wildman–Crippen LogP) is 0.853. The first-order valence-electron chi connectivity index (χ1n) is 3.95. The van der Waals surface area contributed by atoms with Gasteiger partial charge in [0.1, 0.15) is 5.60 Å². The van der Waals surface area contributed by atoms with Crippen molar-refractivity contribution in [1.29, 1.82) is 0 Å². The molecule has 3 heteroatoms. The number of cyclic esters (lactones) is 1. The molecule has 1 rings (SSSR count). The van der Waals surface area contributed by atoms with E-state index in [-0.39, 0.29) is 12.4 Å². The number of ether oxygens (including phenoxy) is 1. The highest BCUT2D eigenvalue weighted by atomic mass is 16.6. The number of carbonyl (C=O) groups is 1. The van der Waals surface area contributed by atoms with Gasteiger partial charge in [0.15, 0.2) is 0 Å². The molecule has 1 aliphatic rings. The second-order valence-corrected chi connectivity index (χ2v) is 3.34. The molecule has 1 aliphatic heterocycles. The molecule has 1 fully saturated rings. The van der Waals surface area contributed by atoms with Crippen LogP contribution in [0.25, 0.3) is 0 Å². The minimum Gasteiger partial charge on any atom is -0.459 e. The van der Waals surface area contributed by atoms with Crippen molar-refractivity contribution < 1.29 is 14.6 Å². The monoisotopic (exact) mass is 158 g/mol. The molecule has 2 atom stereocenters. The van der Waals surface area contributed by atoms with Gasteiger partial charge in [0.05, 0.1) is 12.5 Å². The van der Waals surface area contributed by atoms with Crippen molar-refractivity contribution in [3.8, 4) is 0 Å². The molecule has 0 aromatic heterocycles. The van der Waals surface area contributed by atoms with Crippen molar-refractivity contribution in [3.05, 3.63) is 0 Å². The Morgan fingerprint density at radius 1 is 1.82 bits per heavy atom. The molecule has 11 heavy (non-hydrogen) atoms. The molecule has 2 unspecified atom stereocenters. The average Bonchev–Trinajstić information content (AvgIpc) is 1.84. The van der Waals surface area contributed by atoms with Crippen molar-refractivity contribution in [2.45, 2.75) is 44.8 Å². The van der Waals surface area contributed by atoms with Gasteiger partial charge in [-0.2, -0.15) is 0 Å². The molecule has 0 aromatic rings. The fraction of sp³-hybridized carbons (Fsp3) is 0.875. The van der Waals surface area contributed by atoms with Gasteiger partial charge < -0.3 is 9.84 Å². The highest BCUT2D eigenvalue weighted by molar-refractivity contribution is 5.71. The van der Waals surface area contributed by atoms with Crippen LogP contribution in [0, 0.1) is 0 Å². The largest absolute Gasteiger partial charge is 0.459 e. The number of hydrogen-bond acceptors (Lipinski definition) is 3. The molecule has 0 saturated carbocycles. The molecule has 0 amide bonds. The Balaban J connectivity index is 2.62. The van der Waals surface area contributed by atoms with Crippen LogP contribution in [-0.2, 0) is 9.53 Å². The topological polar surface area (TPSA) is 46.5 Å². The second-order valence-electron chi connectivity index (χ2n) is 3.34. The Morgan fingerprint density at radius 3 is 2.91 bits per heavy atom. The lowest BCUT2D eigenvalue weighted by Crippen LogP contribution is -2.41. The third kappa shape index (κ3) is 1.93. The fourth-order valence-corrected chi connectivity index (χ4v) is 1.34. The molecular formula is C8H14O3.